The maximum Gasteiger partial charge on any atom is 0.260 e. The molecule has 6 rings (SSSR count). The van der Waals surface area contributed by atoms with E-state index in [1.54, 1.807) is 30.5 Å². The smallest absolute Gasteiger partial charge is 0.260 e. The highest BCUT2D eigenvalue weighted by Crippen LogP contribution is 2.32. The number of nitrogens with zero attached hydrogens (tertiary/aromatic N) is 7. The number of nitrogens with one attached hydrogen (secondary N) is 1. The van der Waals surface area contributed by atoms with E-state index in [4.69, 9.17) is 16.0 Å². The highest BCUT2D eigenvalue weighted by Gasteiger charge is 2.19. The van der Waals surface area contributed by atoms with Gasteiger partial charge in [-0.15, -0.1) is 10.2 Å². The van der Waals surface area contributed by atoms with Crippen LogP contribution in [0.1, 0.15) is 12.0 Å². The first kappa shape index (κ1) is 29.4. The largest absolute Gasteiger partial charge is 0.423 e. The molecule has 0 bridgehead atoms. The van der Waals surface area contributed by atoms with Gasteiger partial charge >= 0.3 is 0 Å². The van der Waals surface area contributed by atoms with Gasteiger partial charge in [-0.3, -0.25) is 14.4 Å². The average Bonchev–Trinajstić information content (AvgIpc) is 3.56. The van der Waals surface area contributed by atoms with Crippen LogP contribution < -0.4 is 10.9 Å². The fourth-order valence-corrected chi connectivity index (χ4v) is 5.51. The van der Waals surface area contributed by atoms with Gasteiger partial charge in [0.15, 0.2) is 0 Å². The molecule has 0 saturated carbocycles. The average molecular weight is 631 g/mol. The summed E-state index contributed by atoms with van der Waals surface area (Å²) in [7, 11) is -2.01. The Morgan fingerprint density at radius 1 is 1.09 bits per heavy atom. The molecule has 4 heterocycles. The third kappa shape index (κ3) is 6.16. The van der Waals surface area contributed by atoms with Gasteiger partial charge in [-0.2, -0.15) is 4.98 Å². The topological polar surface area (TPSA) is 148 Å². The number of aromatic nitrogens is 5. The minimum atomic E-state index is -3.47. The van der Waals surface area contributed by atoms with E-state index in [1.165, 1.54) is 27.9 Å². The van der Waals surface area contributed by atoms with Crippen molar-refractivity contribution < 1.29 is 12.8 Å². The van der Waals surface area contributed by atoms with Gasteiger partial charge in [-0.1, -0.05) is 29.8 Å². The van der Waals surface area contributed by atoms with Crippen molar-refractivity contribution in [2.45, 2.75) is 13.0 Å². The second-order valence-corrected chi connectivity index (χ2v) is 12.7. The number of hydrogen-bond donors (Lipinski definition) is 1. The van der Waals surface area contributed by atoms with Crippen molar-refractivity contribution in [2.24, 2.45) is 4.99 Å². The molecule has 0 fully saturated rings. The molecule has 0 unspecified atom stereocenters. The predicted octanol–water partition coefficient (Wildman–Crippen LogP) is 4.65. The Morgan fingerprint density at radius 3 is 2.57 bits per heavy atom. The summed E-state index contributed by atoms with van der Waals surface area (Å²) in [6.07, 6.45) is 8.68. The molecule has 0 atom stereocenters. The first-order valence-corrected chi connectivity index (χ1v) is 15.8. The Morgan fingerprint density at radius 2 is 1.89 bits per heavy atom. The van der Waals surface area contributed by atoms with Crippen LogP contribution in [0, 0.1) is 0 Å². The van der Waals surface area contributed by atoms with E-state index in [0.717, 1.165) is 30.5 Å². The Bertz CT molecular complexity index is 2080. The first-order chi connectivity index (χ1) is 21.2. The van der Waals surface area contributed by atoms with Gasteiger partial charge in [0.1, 0.15) is 5.65 Å². The standard InChI is InChI=1S/C30H27ClN8O4S/c1-38(44(2,41)42)13-14-39-27-22(15-25(29(39)40)24-8-5-21(16-26(24)31)28-37-34-18-43-28)17-33-30(36-27)35-23-6-3-19(4-7-23)20-9-11-32-12-10-20/h3-9,11,15-18H,10,12-14H2,1-2H3,(H,33,35,36). The van der Waals surface area contributed by atoms with Crippen molar-refractivity contribution in [1.29, 1.82) is 0 Å². The van der Waals surface area contributed by atoms with Crippen molar-refractivity contribution in [3.8, 4) is 22.6 Å². The molecule has 44 heavy (non-hydrogen) atoms. The zero-order valence-electron chi connectivity index (χ0n) is 23.8. The van der Waals surface area contributed by atoms with Gasteiger partial charge in [-0.25, -0.2) is 17.7 Å². The van der Waals surface area contributed by atoms with Gasteiger partial charge < -0.3 is 9.73 Å². The van der Waals surface area contributed by atoms with Crippen molar-refractivity contribution in [2.75, 3.05) is 31.7 Å². The fourth-order valence-electron chi connectivity index (χ4n) is 4.81. The molecule has 5 aromatic rings. The summed E-state index contributed by atoms with van der Waals surface area (Å²) in [6, 6.07) is 14.7. The molecule has 224 valence electrons. The Kier molecular flexibility index (Phi) is 8.08. The number of anilines is 2. The minimum absolute atomic E-state index is 0.0496. The zero-order chi connectivity index (χ0) is 30.8. The molecule has 0 radical (unpaired) electrons. The van der Waals surface area contributed by atoms with E-state index in [-0.39, 0.29) is 24.6 Å². The molecule has 12 nitrogen and oxygen atoms in total. The molecule has 1 aliphatic heterocycles. The van der Waals surface area contributed by atoms with Crippen LogP contribution in [0.2, 0.25) is 5.02 Å². The van der Waals surface area contributed by atoms with Crippen molar-refractivity contribution in [3.63, 3.8) is 0 Å². The minimum Gasteiger partial charge on any atom is -0.423 e. The summed E-state index contributed by atoms with van der Waals surface area (Å²) >= 11 is 6.64. The molecule has 3 aromatic heterocycles. The molecule has 0 aliphatic carbocycles. The van der Waals surface area contributed by atoms with E-state index in [9.17, 15) is 13.2 Å². The number of benzene rings is 2. The number of pyridine rings is 1. The molecule has 2 aromatic carbocycles. The third-order valence-electron chi connectivity index (χ3n) is 7.30. The number of allylic oxidation sites excluding steroid dienone is 1. The Balaban J connectivity index is 1.38. The number of sulfonamides is 1. The second-order valence-electron chi connectivity index (χ2n) is 10.2. The van der Waals surface area contributed by atoms with E-state index >= 15 is 0 Å². The maximum atomic E-state index is 14.0. The van der Waals surface area contributed by atoms with Crippen LogP contribution >= 0.6 is 11.6 Å². The lowest BCUT2D eigenvalue weighted by Crippen LogP contribution is -2.33. The lowest BCUT2D eigenvalue weighted by molar-refractivity contribution is 0.449. The fraction of sp³-hybridized carbons (Fsp3) is 0.200. The van der Waals surface area contributed by atoms with Crippen LogP contribution in [0.5, 0.6) is 0 Å². The van der Waals surface area contributed by atoms with Gasteiger partial charge in [0, 0.05) is 71.9 Å². The number of likely N-dealkylation sites (N-methyl/N-ethyl adjacent to an activating group) is 1. The van der Waals surface area contributed by atoms with Crippen LogP contribution in [0.25, 0.3) is 39.2 Å². The molecule has 14 heteroatoms. The lowest BCUT2D eigenvalue weighted by Gasteiger charge is -2.18. The van der Waals surface area contributed by atoms with Crippen molar-refractivity contribution in [1.82, 2.24) is 29.0 Å². The summed E-state index contributed by atoms with van der Waals surface area (Å²) < 4.78 is 32.1. The molecule has 0 amide bonds. The highest BCUT2D eigenvalue weighted by molar-refractivity contribution is 7.88. The molecular formula is C30H27ClN8O4S. The van der Waals surface area contributed by atoms with Crippen molar-refractivity contribution >= 4 is 56.1 Å². The summed E-state index contributed by atoms with van der Waals surface area (Å²) in [5.74, 6) is 0.579. The van der Waals surface area contributed by atoms with E-state index < -0.39 is 10.0 Å². The zero-order valence-corrected chi connectivity index (χ0v) is 25.4. The molecule has 1 N–H and O–H groups in total. The number of hydrogen-bond acceptors (Lipinski definition) is 10. The normalized spacial score (nSPS) is 13.4. The number of rotatable bonds is 9. The predicted molar refractivity (Wildman–Crippen MR) is 171 cm³/mol. The molecule has 0 saturated heterocycles. The quantitative estimate of drug-likeness (QED) is 0.245. The van der Waals surface area contributed by atoms with Crippen LogP contribution in [-0.2, 0) is 16.6 Å². The highest BCUT2D eigenvalue weighted by atomic mass is 35.5. The summed E-state index contributed by atoms with van der Waals surface area (Å²) in [5.41, 5.74) is 4.46. The monoisotopic (exact) mass is 630 g/mol. The number of dihydropyridines is 1. The van der Waals surface area contributed by atoms with Crippen LogP contribution in [0.3, 0.4) is 0 Å². The second kappa shape index (κ2) is 12.1. The van der Waals surface area contributed by atoms with E-state index in [0.29, 0.717) is 38.6 Å². The van der Waals surface area contributed by atoms with Crippen LogP contribution in [0.4, 0.5) is 11.6 Å². The summed E-state index contributed by atoms with van der Waals surface area (Å²) in [4.78, 5) is 27.4. The van der Waals surface area contributed by atoms with Gasteiger partial charge in [0.25, 0.3) is 5.56 Å². The first-order valence-electron chi connectivity index (χ1n) is 13.6. The van der Waals surface area contributed by atoms with Crippen LogP contribution in [-0.4, -0.2) is 70.1 Å². The lowest BCUT2D eigenvalue weighted by atomic mass is 10.0. The number of fused-ring (bicyclic) bond motifs is 1. The maximum absolute atomic E-state index is 14.0. The molecule has 1 aliphatic rings. The summed E-state index contributed by atoms with van der Waals surface area (Å²) in [6.45, 7) is 0.877. The number of aliphatic imine (C=N–C) groups is 1. The van der Waals surface area contributed by atoms with Gasteiger partial charge in [0.2, 0.25) is 28.3 Å². The van der Waals surface area contributed by atoms with Gasteiger partial charge in [-0.05, 0) is 54.0 Å². The third-order valence-corrected chi connectivity index (χ3v) is 8.93. The van der Waals surface area contributed by atoms with E-state index in [2.05, 4.69) is 30.5 Å². The Labute approximate surface area is 257 Å². The van der Waals surface area contributed by atoms with Crippen molar-refractivity contribution in [3.05, 3.63) is 88.1 Å². The molecular weight excluding hydrogens is 604 g/mol. The SMILES string of the molecule is CN(CCn1c(=O)c(-c2ccc(-c3nnco3)cc2Cl)cc2cnc(Nc3ccc(C4=CC=NCC4)cc3)nc21)S(C)(=O)=O. The van der Waals surface area contributed by atoms with E-state index in [1.807, 2.05) is 36.6 Å². The number of halogens is 1. The Hall–Kier alpha value is -4.72. The van der Waals surface area contributed by atoms with Crippen LogP contribution in [0.15, 0.2) is 81.4 Å². The molecule has 0 spiro atoms. The summed E-state index contributed by atoms with van der Waals surface area (Å²) in [5, 5.41) is 11.7. The van der Waals surface area contributed by atoms with Gasteiger partial charge in [0.05, 0.1) is 6.26 Å².